The van der Waals surface area contributed by atoms with Crippen molar-refractivity contribution in [2.75, 3.05) is 21.1 Å². The summed E-state index contributed by atoms with van der Waals surface area (Å²) in [5.74, 6) is 0. The van der Waals surface area contributed by atoms with Gasteiger partial charge in [0.15, 0.2) is 0 Å². The zero-order valence-electron chi connectivity index (χ0n) is 7.99. The monoisotopic (exact) mass is 167 g/mol. The summed E-state index contributed by atoms with van der Waals surface area (Å²) in [4.78, 5) is 0. The summed E-state index contributed by atoms with van der Waals surface area (Å²) in [5.41, 5.74) is 1.40. The second-order valence-corrected chi connectivity index (χ2v) is 3.93. The van der Waals surface area contributed by atoms with Gasteiger partial charge in [-0.2, -0.15) is 0 Å². The first kappa shape index (κ1) is 11.1. The highest BCUT2D eigenvalue weighted by atomic mass is 16.0. The van der Waals surface area contributed by atoms with Crippen LogP contribution in [0.25, 0.3) is 0 Å². The molecule has 0 atom stereocenters. The van der Waals surface area contributed by atoms with Gasteiger partial charge in [0.25, 0.3) is 0 Å². The van der Waals surface area contributed by atoms with Gasteiger partial charge in [-0.05, 0) is 0 Å². The molecule has 0 saturated heterocycles. The van der Waals surface area contributed by atoms with Crippen LogP contribution in [0.4, 0.5) is 0 Å². The molecule has 0 aromatic heterocycles. The Labute approximate surface area is 74.3 Å². The summed E-state index contributed by atoms with van der Waals surface area (Å²) >= 11 is 0. The van der Waals surface area contributed by atoms with Crippen LogP contribution >= 0.6 is 0 Å². The molecule has 68 valence electrons. The fourth-order valence-electron chi connectivity index (χ4n) is 1.13. The Balaban J connectivity index is 0.00000121. The molecule has 0 spiro atoms. The number of hydrogen-bond acceptors (Lipinski definition) is 1. The standard InChI is InChI=1S/C10H16N.H2O/c1-11(2,3)9-10-7-5-4-6-8-10;/h4-8H,9H2,1-3H3;1H2/q+1;/p-1. The number of rotatable bonds is 2. The molecular weight excluding hydrogens is 150 g/mol. The van der Waals surface area contributed by atoms with Crippen LogP contribution in [-0.2, 0) is 6.54 Å². The largest absolute Gasteiger partial charge is 0.870 e. The summed E-state index contributed by atoms with van der Waals surface area (Å²) in [5, 5.41) is 0. The van der Waals surface area contributed by atoms with Crippen molar-refractivity contribution in [2.45, 2.75) is 6.54 Å². The maximum absolute atomic E-state index is 2.20. The Morgan fingerprint density at radius 2 is 1.50 bits per heavy atom. The van der Waals surface area contributed by atoms with Crippen LogP contribution in [0.5, 0.6) is 0 Å². The Hall–Kier alpha value is -0.860. The van der Waals surface area contributed by atoms with Gasteiger partial charge in [0.05, 0.1) is 21.1 Å². The molecule has 1 rings (SSSR count). The highest BCUT2D eigenvalue weighted by Gasteiger charge is 2.06. The summed E-state index contributed by atoms with van der Waals surface area (Å²) in [7, 11) is 6.60. The van der Waals surface area contributed by atoms with Gasteiger partial charge in [-0.25, -0.2) is 0 Å². The van der Waals surface area contributed by atoms with E-state index >= 15 is 0 Å². The minimum atomic E-state index is 0. The average molecular weight is 167 g/mol. The molecule has 0 bridgehead atoms. The van der Waals surface area contributed by atoms with Gasteiger partial charge < -0.3 is 9.96 Å². The topological polar surface area (TPSA) is 30.0 Å². The summed E-state index contributed by atoms with van der Waals surface area (Å²) in [6.07, 6.45) is 0. The first-order valence-electron chi connectivity index (χ1n) is 3.92. The fraction of sp³-hybridized carbons (Fsp3) is 0.400. The van der Waals surface area contributed by atoms with Gasteiger partial charge in [0.2, 0.25) is 0 Å². The Kier molecular flexibility index (Phi) is 3.93. The zero-order chi connectivity index (χ0) is 8.32. The molecule has 1 aromatic carbocycles. The highest BCUT2D eigenvalue weighted by molar-refractivity contribution is 5.13. The Morgan fingerprint density at radius 1 is 1.00 bits per heavy atom. The number of hydrogen-bond donors (Lipinski definition) is 0. The van der Waals surface area contributed by atoms with Gasteiger partial charge >= 0.3 is 0 Å². The van der Waals surface area contributed by atoms with E-state index in [0.29, 0.717) is 0 Å². The van der Waals surface area contributed by atoms with Gasteiger partial charge in [0, 0.05) is 5.56 Å². The lowest BCUT2D eigenvalue weighted by molar-refractivity contribution is -0.884. The van der Waals surface area contributed by atoms with Crippen molar-refractivity contribution in [1.82, 2.24) is 0 Å². The lowest BCUT2D eigenvalue weighted by Gasteiger charge is -2.23. The van der Waals surface area contributed by atoms with Crippen molar-refractivity contribution in [2.24, 2.45) is 0 Å². The summed E-state index contributed by atoms with van der Waals surface area (Å²) < 4.78 is 0.990. The molecule has 0 amide bonds. The van der Waals surface area contributed by atoms with Crippen molar-refractivity contribution >= 4 is 0 Å². The van der Waals surface area contributed by atoms with Gasteiger partial charge in [-0.3, -0.25) is 0 Å². The molecule has 1 aromatic rings. The first-order chi connectivity index (χ1) is 5.08. The van der Waals surface area contributed by atoms with Crippen molar-refractivity contribution in [1.29, 1.82) is 0 Å². The van der Waals surface area contributed by atoms with E-state index in [1.807, 2.05) is 0 Å². The van der Waals surface area contributed by atoms with Gasteiger partial charge in [-0.1, -0.05) is 30.3 Å². The average Bonchev–Trinajstić information content (AvgIpc) is 1.85. The lowest BCUT2D eigenvalue weighted by atomic mass is 10.2. The van der Waals surface area contributed by atoms with Crippen LogP contribution in [-0.4, -0.2) is 31.1 Å². The maximum atomic E-state index is 2.20. The summed E-state index contributed by atoms with van der Waals surface area (Å²) in [6, 6.07) is 10.6. The minimum Gasteiger partial charge on any atom is -0.870 e. The molecular formula is C10H17NO. The number of benzene rings is 1. The van der Waals surface area contributed by atoms with Gasteiger partial charge in [-0.15, -0.1) is 0 Å². The van der Waals surface area contributed by atoms with Crippen LogP contribution in [0.1, 0.15) is 5.56 Å². The van der Waals surface area contributed by atoms with Crippen molar-refractivity contribution in [3.8, 4) is 0 Å². The predicted octanol–water partition coefficient (Wildman–Crippen LogP) is 1.72. The zero-order valence-corrected chi connectivity index (χ0v) is 7.99. The van der Waals surface area contributed by atoms with E-state index < -0.39 is 0 Å². The van der Waals surface area contributed by atoms with E-state index in [4.69, 9.17) is 0 Å². The minimum absolute atomic E-state index is 0. The SMILES string of the molecule is C[N+](C)(C)Cc1ccccc1.[OH-]. The van der Waals surface area contributed by atoms with E-state index in [1.54, 1.807) is 0 Å². The van der Waals surface area contributed by atoms with Crippen molar-refractivity contribution < 1.29 is 9.96 Å². The molecule has 0 heterocycles. The van der Waals surface area contributed by atoms with Crippen molar-refractivity contribution in [3.63, 3.8) is 0 Å². The molecule has 12 heavy (non-hydrogen) atoms. The second kappa shape index (κ2) is 4.24. The number of nitrogens with zero attached hydrogens (tertiary/aromatic N) is 1. The van der Waals surface area contributed by atoms with Crippen LogP contribution in [0.2, 0.25) is 0 Å². The van der Waals surface area contributed by atoms with E-state index in [9.17, 15) is 0 Å². The fourth-order valence-corrected chi connectivity index (χ4v) is 1.13. The molecule has 0 radical (unpaired) electrons. The van der Waals surface area contributed by atoms with E-state index in [2.05, 4.69) is 51.5 Å². The second-order valence-electron chi connectivity index (χ2n) is 3.93. The molecule has 2 heteroatoms. The molecule has 0 aliphatic carbocycles. The third-order valence-corrected chi connectivity index (χ3v) is 1.50. The third kappa shape index (κ3) is 4.11. The van der Waals surface area contributed by atoms with Crippen molar-refractivity contribution in [3.05, 3.63) is 35.9 Å². The third-order valence-electron chi connectivity index (χ3n) is 1.50. The van der Waals surface area contributed by atoms with Crippen LogP contribution in [0, 0.1) is 0 Å². The quantitative estimate of drug-likeness (QED) is 0.617. The molecule has 0 aliphatic rings. The van der Waals surface area contributed by atoms with Crippen LogP contribution < -0.4 is 0 Å². The van der Waals surface area contributed by atoms with E-state index in [-0.39, 0.29) is 5.48 Å². The molecule has 0 unspecified atom stereocenters. The molecule has 0 aliphatic heterocycles. The smallest absolute Gasteiger partial charge is 0.104 e. The number of quaternary nitrogens is 1. The molecule has 0 fully saturated rings. The first-order valence-corrected chi connectivity index (χ1v) is 3.92. The van der Waals surface area contributed by atoms with Gasteiger partial charge in [0.1, 0.15) is 6.54 Å². The predicted molar refractivity (Wildman–Crippen MR) is 50.1 cm³/mol. The molecule has 2 nitrogen and oxygen atoms in total. The Bertz CT molecular complexity index is 213. The molecule has 0 saturated carbocycles. The lowest BCUT2D eigenvalue weighted by Crippen LogP contribution is -2.33. The van der Waals surface area contributed by atoms with Crippen LogP contribution in [0.15, 0.2) is 30.3 Å². The van der Waals surface area contributed by atoms with E-state index in [0.717, 1.165) is 11.0 Å². The Morgan fingerprint density at radius 3 is 1.92 bits per heavy atom. The summed E-state index contributed by atoms with van der Waals surface area (Å²) in [6.45, 7) is 1.10. The highest BCUT2D eigenvalue weighted by Crippen LogP contribution is 2.04. The normalized spacial score (nSPS) is 10.6. The maximum Gasteiger partial charge on any atom is 0.104 e. The van der Waals surface area contributed by atoms with Crippen LogP contribution in [0.3, 0.4) is 0 Å². The molecule has 1 N–H and O–H groups in total. The van der Waals surface area contributed by atoms with E-state index in [1.165, 1.54) is 5.56 Å².